The Bertz CT molecular complexity index is 401. The first-order chi connectivity index (χ1) is 7.74. The van der Waals surface area contributed by atoms with Crippen molar-refractivity contribution >= 4 is 11.6 Å². The molecule has 1 aromatic carbocycles. The summed E-state index contributed by atoms with van der Waals surface area (Å²) in [6.45, 7) is 3.17. The first-order valence-electron chi connectivity index (χ1n) is 5.83. The maximum Gasteiger partial charge on any atom is 0.223 e. The Labute approximate surface area is 96.2 Å². The van der Waals surface area contributed by atoms with Crippen molar-refractivity contribution in [1.82, 2.24) is 0 Å². The Morgan fingerprint density at radius 3 is 3.00 bits per heavy atom. The van der Waals surface area contributed by atoms with Crippen LogP contribution in [0.25, 0.3) is 0 Å². The van der Waals surface area contributed by atoms with Crippen molar-refractivity contribution in [1.29, 1.82) is 0 Å². The molecule has 1 aliphatic rings. The molecule has 0 aromatic heterocycles. The predicted octanol–water partition coefficient (Wildman–Crippen LogP) is 1.49. The number of benzene rings is 1. The number of aryl methyl sites for hydroxylation is 1. The van der Waals surface area contributed by atoms with Gasteiger partial charge in [0.05, 0.1) is 0 Å². The standard InChI is InChI=1S/C13H18N2O/c1-10(16)15-9-7-12-11(5-3-8-14)4-2-6-13(12)15/h2,4,6H,3,5,7-9,14H2,1H3. The average Bonchev–Trinajstić information content (AvgIpc) is 2.70. The van der Waals surface area contributed by atoms with Gasteiger partial charge in [-0.1, -0.05) is 12.1 Å². The number of fused-ring (bicyclic) bond motifs is 1. The van der Waals surface area contributed by atoms with E-state index in [0.717, 1.165) is 38.0 Å². The number of amides is 1. The lowest BCUT2D eigenvalue weighted by Crippen LogP contribution is -2.25. The van der Waals surface area contributed by atoms with E-state index in [2.05, 4.69) is 6.07 Å². The Morgan fingerprint density at radius 2 is 2.31 bits per heavy atom. The lowest BCUT2D eigenvalue weighted by atomic mass is 10.0. The Kier molecular flexibility index (Phi) is 3.25. The highest BCUT2D eigenvalue weighted by molar-refractivity contribution is 5.94. The maximum atomic E-state index is 11.4. The molecule has 2 N–H and O–H groups in total. The second-order valence-corrected chi connectivity index (χ2v) is 4.23. The minimum absolute atomic E-state index is 0.134. The molecule has 1 heterocycles. The molecule has 2 rings (SSSR count). The van der Waals surface area contributed by atoms with Gasteiger partial charge in [-0.2, -0.15) is 0 Å². The largest absolute Gasteiger partial charge is 0.330 e. The Morgan fingerprint density at radius 1 is 1.50 bits per heavy atom. The van der Waals surface area contributed by atoms with Gasteiger partial charge in [0, 0.05) is 19.2 Å². The van der Waals surface area contributed by atoms with Crippen LogP contribution in [0, 0.1) is 0 Å². The minimum Gasteiger partial charge on any atom is -0.330 e. The van der Waals surface area contributed by atoms with Gasteiger partial charge in [0.25, 0.3) is 0 Å². The van der Waals surface area contributed by atoms with E-state index in [-0.39, 0.29) is 5.91 Å². The van der Waals surface area contributed by atoms with Crippen LogP contribution in [0.2, 0.25) is 0 Å². The molecule has 1 aromatic rings. The van der Waals surface area contributed by atoms with E-state index in [0.29, 0.717) is 0 Å². The van der Waals surface area contributed by atoms with Crippen molar-refractivity contribution in [2.45, 2.75) is 26.2 Å². The van der Waals surface area contributed by atoms with Crippen LogP contribution >= 0.6 is 0 Å². The molecule has 0 aliphatic carbocycles. The molecule has 3 heteroatoms. The van der Waals surface area contributed by atoms with Gasteiger partial charge in [0.15, 0.2) is 0 Å². The zero-order valence-corrected chi connectivity index (χ0v) is 9.70. The van der Waals surface area contributed by atoms with Crippen molar-refractivity contribution in [2.24, 2.45) is 5.73 Å². The summed E-state index contributed by atoms with van der Waals surface area (Å²) in [7, 11) is 0. The van der Waals surface area contributed by atoms with E-state index in [4.69, 9.17) is 5.73 Å². The van der Waals surface area contributed by atoms with Crippen LogP contribution in [0.15, 0.2) is 18.2 Å². The number of carbonyl (C=O) groups excluding carboxylic acids is 1. The van der Waals surface area contributed by atoms with Crippen LogP contribution in [0.3, 0.4) is 0 Å². The highest BCUT2D eigenvalue weighted by atomic mass is 16.2. The summed E-state index contributed by atoms with van der Waals surface area (Å²) in [5.41, 5.74) is 9.32. The third kappa shape index (κ3) is 1.95. The molecular formula is C13H18N2O. The summed E-state index contributed by atoms with van der Waals surface area (Å²) in [5.74, 6) is 0.134. The molecule has 0 spiro atoms. The number of anilines is 1. The van der Waals surface area contributed by atoms with Crippen LogP contribution in [0.1, 0.15) is 24.5 Å². The smallest absolute Gasteiger partial charge is 0.223 e. The Balaban J connectivity index is 2.28. The zero-order valence-electron chi connectivity index (χ0n) is 9.70. The van der Waals surface area contributed by atoms with Crippen molar-refractivity contribution < 1.29 is 4.79 Å². The average molecular weight is 218 g/mol. The molecule has 0 unspecified atom stereocenters. The molecule has 86 valence electrons. The number of nitrogens with zero attached hydrogens (tertiary/aromatic N) is 1. The quantitative estimate of drug-likeness (QED) is 0.835. The molecule has 1 amide bonds. The number of nitrogens with two attached hydrogens (primary N) is 1. The van der Waals surface area contributed by atoms with E-state index in [1.807, 2.05) is 17.0 Å². The van der Waals surface area contributed by atoms with E-state index >= 15 is 0 Å². The van der Waals surface area contributed by atoms with Gasteiger partial charge in [-0.05, 0) is 43.0 Å². The maximum absolute atomic E-state index is 11.4. The van der Waals surface area contributed by atoms with Crippen molar-refractivity contribution in [3.8, 4) is 0 Å². The number of rotatable bonds is 3. The molecule has 0 saturated heterocycles. The molecule has 0 radical (unpaired) electrons. The van der Waals surface area contributed by atoms with Gasteiger partial charge in [-0.15, -0.1) is 0 Å². The molecule has 16 heavy (non-hydrogen) atoms. The molecule has 0 fully saturated rings. The van der Waals surface area contributed by atoms with Gasteiger partial charge in [0.2, 0.25) is 5.91 Å². The van der Waals surface area contributed by atoms with Crippen LogP contribution in [0.5, 0.6) is 0 Å². The van der Waals surface area contributed by atoms with Gasteiger partial charge < -0.3 is 10.6 Å². The molecule has 1 aliphatic heterocycles. The molecular weight excluding hydrogens is 200 g/mol. The van der Waals surface area contributed by atoms with Crippen LogP contribution in [-0.2, 0) is 17.6 Å². The van der Waals surface area contributed by atoms with Crippen LogP contribution in [-0.4, -0.2) is 19.0 Å². The molecule has 0 bridgehead atoms. The SMILES string of the molecule is CC(=O)N1CCc2c(CCCN)cccc21. The number of hydrogen-bond acceptors (Lipinski definition) is 2. The lowest BCUT2D eigenvalue weighted by Gasteiger charge is -2.15. The summed E-state index contributed by atoms with van der Waals surface area (Å²) in [6.07, 6.45) is 3.01. The topological polar surface area (TPSA) is 46.3 Å². The van der Waals surface area contributed by atoms with Gasteiger partial charge >= 0.3 is 0 Å². The summed E-state index contributed by atoms with van der Waals surface area (Å²) in [5, 5.41) is 0. The fraction of sp³-hybridized carbons (Fsp3) is 0.462. The van der Waals surface area contributed by atoms with E-state index < -0.39 is 0 Å². The summed E-state index contributed by atoms with van der Waals surface area (Å²) in [6, 6.07) is 6.22. The van der Waals surface area contributed by atoms with Crippen molar-refractivity contribution in [3.63, 3.8) is 0 Å². The first kappa shape index (κ1) is 11.1. The lowest BCUT2D eigenvalue weighted by molar-refractivity contribution is -0.116. The van der Waals surface area contributed by atoms with E-state index in [1.54, 1.807) is 6.92 Å². The van der Waals surface area contributed by atoms with Gasteiger partial charge in [0.1, 0.15) is 0 Å². The van der Waals surface area contributed by atoms with Gasteiger partial charge in [-0.3, -0.25) is 4.79 Å². The normalized spacial score (nSPS) is 14.0. The van der Waals surface area contributed by atoms with Crippen molar-refractivity contribution in [3.05, 3.63) is 29.3 Å². The van der Waals surface area contributed by atoms with Crippen LogP contribution < -0.4 is 10.6 Å². The zero-order chi connectivity index (χ0) is 11.5. The predicted molar refractivity (Wildman–Crippen MR) is 65.5 cm³/mol. The highest BCUT2D eigenvalue weighted by Crippen LogP contribution is 2.31. The first-order valence-corrected chi connectivity index (χ1v) is 5.83. The Hall–Kier alpha value is -1.35. The molecule has 0 atom stereocenters. The fourth-order valence-corrected chi connectivity index (χ4v) is 2.36. The van der Waals surface area contributed by atoms with E-state index in [1.165, 1.54) is 11.1 Å². The summed E-state index contributed by atoms with van der Waals surface area (Å²) < 4.78 is 0. The fourth-order valence-electron chi connectivity index (χ4n) is 2.36. The van der Waals surface area contributed by atoms with Crippen LogP contribution in [0.4, 0.5) is 5.69 Å². The monoisotopic (exact) mass is 218 g/mol. The third-order valence-corrected chi connectivity index (χ3v) is 3.15. The third-order valence-electron chi connectivity index (χ3n) is 3.15. The molecule has 0 saturated carbocycles. The van der Waals surface area contributed by atoms with E-state index in [9.17, 15) is 4.79 Å². The van der Waals surface area contributed by atoms with Crippen molar-refractivity contribution in [2.75, 3.05) is 18.0 Å². The second-order valence-electron chi connectivity index (χ2n) is 4.23. The molecule has 3 nitrogen and oxygen atoms in total. The highest BCUT2D eigenvalue weighted by Gasteiger charge is 2.23. The summed E-state index contributed by atoms with van der Waals surface area (Å²) >= 11 is 0. The minimum atomic E-state index is 0.134. The number of carbonyl (C=O) groups is 1. The second kappa shape index (κ2) is 4.66. The summed E-state index contributed by atoms with van der Waals surface area (Å²) in [4.78, 5) is 13.3. The number of hydrogen-bond donors (Lipinski definition) is 1. The van der Waals surface area contributed by atoms with Gasteiger partial charge in [-0.25, -0.2) is 0 Å².